The number of nitrogens with zero attached hydrogens (tertiary/aromatic N) is 1. The van der Waals surface area contributed by atoms with Crippen molar-refractivity contribution in [2.75, 3.05) is 19.7 Å². The van der Waals surface area contributed by atoms with Crippen LogP contribution in [0, 0.1) is 6.92 Å². The summed E-state index contributed by atoms with van der Waals surface area (Å²) in [7, 11) is 0. The topological polar surface area (TPSA) is 32.7 Å². The maximum absolute atomic E-state index is 9.10. The van der Waals surface area contributed by atoms with Gasteiger partial charge in [0.2, 0.25) is 0 Å². The highest BCUT2D eigenvalue weighted by Crippen LogP contribution is 2.17. The molecule has 1 aromatic rings. The molecule has 1 fully saturated rings. The Bertz CT molecular complexity index is 359. The standard InChI is InChI=1S/C15H22NO2/c1-13(17)12-18-15-7-5-6-14(10-15)11-16-8-3-2-4-9-16/h5-7,10,13,17H,1-4,8-9,11-12H2. The van der Waals surface area contributed by atoms with Crippen molar-refractivity contribution < 1.29 is 9.84 Å². The van der Waals surface area contributed by atoms with Crippen LogP contribution in [-0.2, 0) is 6.54 Å². The van der Waals surface area contributed by atoms with Gasteiger partial charge in [-0.15, -0.1) is 0 Å². The third-order valence-electron chi connectivity index (χ3n) is 3.20. The number of benzene rings is 1. The average molecular weight is 248 g/mol. The van der Waals surface area contributed by atoms with Gasteiger partial charge in [0, 0.05) is 6.54 Å². The van der Waals surface area contributed by atoms with Crippen LogP contribution in [0.5, 0.6) is 5.75 Å². The number of ether oxygens (including phenoxy) is 1. The van der Waals surface area contributed by atoms with Crippen molar-refractivity contribution >= 4 is 0 Å². The fourth-order valence-corrected chi connectivity index (χ4v) is 2.30. The van der Waals surface area contributed by atoms with Crippen LogP contribution in [0.3, 0.4) is 0 Å². The minimum atomic E-state index is -0.671. The molecule has 1 aromatic carbocycles. The first-order valence-corrected chi connectivity index (χ1v) is 6.69. The molecule has 1 N–H and O–H groups in total. The quantitative estimate of drug-likeness (QED) is 0.867. The zero-order valence-electron chi connectivity index (χ0n) is 10.8. The summed E-state index contributed by atoms with van der Waals surface area (Å²) in [6, 6.07) is 8.10. The zero-order chi connectivity index (χ0) is 12.8. The van der Waals surface area contributed by atoms with Gasteiger partial charge in [-0.25, -0.2) is 0 Å². The lowest BCUT2D eigenvalue weighted by Crippen LogP contribution is -2.29. The Morgan fingerprint density at radius 3 is 2.78 bits per heavy atom. The Kier molecular flexibility index (Phi) is 5.02. The van der Waals surface area contributed by atoms with E-state index in [0.717, 1.165) is 12.3 Å². The molecule has 0 spiro atoms. The average Bonchev–Trinajstić information content (AvgIpc) is 2.38. The largest absolute Gasteiger partial charge is 0.491 e. The van der Waals surface area contributed by atoms with Crippen LogP contribution in [0.25, 0.3) is 0 Å². The van der Waals surface area contributed by atoms with E-state index in [1.807, 2.05) is 12.1 Å². The van der Waals surface area contributed by atoms with E-state index in [-0.39, 0.29) is 6.61 Å². The zero-order valence-corrected chi connectivity index (χ0v) is 10.8. The van der Waals surface area contributed by atoms with Gasteiger partial charge in [0.25, 0.3) is 0 Å². The summed E-state index contributed by atoms with van der Waals surface area (Å²) in [5.74, 6) is 0.812. The van der Waals surface area contributed by atoms with E-state index < -0.39 is 6.10 Å². The Labute approximate surface area is 109 Å². The maximum atomic E-state index is 9.10. The minimum Gasteiger partial charge on any atom is -0.491 e. The van der Waals surface area contributed by atoms with Crippen LogP contribution in [0.15, 0.2) is 24.3 Å². The smallest absolute Gasteiger partial charge is 0.119 e. The van der Waals surface area contributed by atoms with Crippen molar-refractivity contribution in [2.45, 2.75) is 31.9 Å². The molecule has 0 saturated carbocycles. The molecule has 1 atom stereocenters. The Morgan fingerprint density at radius 1 is 1.28 bits per heavy atom. The van der Waals surface area contributed by atoms with Gasteiger partial charge in [-0.05, 0) is 50.6 Å². The molecule has 0 aromatic heterocycles. The second kappa shape index (κ2) is 6.76. The van der Waals surface area contributed by atoms with E-state index in [9.17, 15) is 0 Å². The number of hydrogen-bond acceptors (Lipinski definition) is 3. The third-order valence-corrected chi connectivity index (χ3v) is 3.20. The molecule has 2 rings (SSSR count). The Balaban J connectivity index is 1.89. The SMILES string of the molecule is [CH2]C(O)COc1cccc(CN2CCCCC2)c1. The predicted molar refractivity (Wildman–Crippen MR) is 72.4 cm³/mol. The van der Waals surface area contributed by atoms with Crippen LogP contribution in [0.4, 0.5) is 0 Å². The van der Waals surface area contributed by atoms with Gasteiger partial charge in [-0.3, -0.25) is 4.90 Å². The van der Waals surface area contributed by atoms with Gasteiger partial charge in [-0.1, -0.05) is 18.6 Å². The molecule has 1 aliphatic rings. The Morgan fingerprint density at radius 2 is 2.06 bits per heavy atom. The monoisotopic (exact) mass is 248 g/mol. The number of hydrogen-bond donors (Lipinski definition) is 1. The summed E-state index contributed by atoms with van der Waals surface area (Å²) in [5, 5.41) is 9.10. The van der Waals surface area contributed by atoms with Gasteiger partial charge in [0.05, 0.1) is 6.10 Å². The molecule has 3 nitrogen and oxygen atoms in total. The first-order chi connectivity index (χ1) is 8.74. The lowest BCUT2D eigenvalue weighted by molar-refractivity contribution is 0.142. The predicted octanol–water partition coefficient (Wildman–Crippen LogP) is 2.25. The lowest BCUT2D eigenvalue weighted by Gasteiger charge is -2.26. The van der Waals surface area contributed by atoms with E-state index in [2.05, 4.69) is 24.0 Å². The van der Waals surface area contributed by atoms with E-state index >= 15 is 0 Å². The van der Waals surface area contributed by atoms with E-state index in [1.165, 1.54) is 37.9 Å². The molecule has 1 radical (unpaired) electrons. The summed E-state index contributed by atoms with van der Waals surface area (Å²) < 4.78 is 5.47. The fraction of sp³-hybridized carbons (Fsp3) is 0.533. The van der Waals surface area contributed by atoms with Gasteiger partial charge in [-0.2, -0.15) is 0 Å². The lowest BCUT2D eigenvalue weighted by atomic mass is 10.1. The summed E-state index contributed by atoms with van der Waals surface area (Å²) in [6.45, 7) is 7.12. The molecule has 0 aliphatic carbocycles. The molecule has 99 valence electrons. The molecule has 3 heteroatoms. The van der Waals surface area contributed by atoms with Crippen molar-refractivity contribution in [1.29, 1.82) is 0 Å². The van der Waals surface area contributed by atoms with Gasteiger partial charge in [0.1, 0.15) is 12.4 Å². The molecule has 1 unspecified atom stereocenters. The number of likely N-dealkylation sites (tertiary alicyclic amines) is 1. The van der Waals surface area contributed by atoms with Gasteiger partial charge < -0.3 is 9.84 Å². The number of piperidine rings is 1. The van der Waals surface area contributed by atoms with Crippen LogP contribution in [0.1, 0.15) is 24.8 Å². The first-order valence-electron chi connectivity index (χ1n) is 6.69. The molecule has 1 aliphatic heterocycles. The highest BCUT2D eigenvalue weighted by Gasteiger charge is 2.10. The Hall–Kier alpha value is -1.06. The second-order valence-corrected chi connectivity index (χ2v) is 4.95. The number of rotatable bonds is 5. The summed E-state index contributed by atoms with van der Waals surface area (Å²) in [4.78, 5) is 2.48. The molecular weight excluding hydrogens is 226 g/mol. The maximum Gasteiger partial charge on any atom is 0.119 e. The molecule has 18 heavy (non-hydrogen) atoms. The van der Waals surface area contributed by atoms with E-state index in [4.69, 9.17) is 9.84 Å². The first kappa shape index (κ1) is 13.4. The highest BCUT2D eigenvalue weighted by atomic mass is 16.5. The van der Waals surface area contributed by atoms with Crippen molar-refractivity contribution in [3.05, 3.63) is 36.8 Å². The van der Waals surface area contributed by atoms with Crippen molar-refractivity contribution in [2.24, 2.45) is 0 Å². The van der Waals surface area contributed by atoms with Crippen molar-refractivity contribution in [3.63, 3.8) is 0 Å². The van der Waals surface area contributed by atoms with E-state index in [0.29, 0.717) is 0 Å². The molecule has 1 heterocycles. The molecule has 0 bridgehead atoms. The van der Waals surface area contributed by atoms with Crippen LogP contribution in [0.2, 0.25) is 0 Å². The molecule has 0 amide bonds. The number of aliphatic hydroxyl groups excluding tert-OH is 1. The second-order valence-electron chi connectivity index (χ2n) is 4.95. The van der Waals surface area contributed by atoms with Gasteiger partial charge >= 0.3 is 0 Å². The van der Waals surface area contributed by atoms with Crippen molar-refractivity contribution in [3.8, 4) is 5.75 Å². The van der Waals surface area contributed by atoms with Gasteiger partial charge in [0.15, 0.2) is 0 Å². The molecule has 1 saturated heterocycles. The third kappa shape index (κ3) is 4.31. The van der Waals surface area contributed by atoms with Crippen LogP contribution < -0.4 is 4.74 Å². The van der Waals surface area contributed by atoms with E-state index in [1.54, 1.807) is 0 Å². The minimum absolute atomic E-state index is 0.243. The van der Waals surface area contributed by atoms with Crippen molar-refractivity contribution in [1.82, 2.24) is 4.90 Å². The van der Waals surface area contributed by atoms with Crippen LogP contribution >= 0.6 is 0 Å². The molecular formula is C15H22NO2. The van der Waals surface area contributed by atoms with Crippen LogP contribution in [-0.4, -0.2) is 35.8 Å². The normalized spacial score (nSPS) is 18.6. The highest BCUT2D eigenvalue weighted by molar-refractivity contribution is 5.28. The summed E-state index contributed by atoms with van der Waals surface area (Å²) in [5.41, 5.74) is 1.27. The number of aliphatic hydroxyl groups is 1. The fourth-order valence-electron chi connectivity index (χ4n) is 2.30. The summed E-state index contributed by atoms with van der Waals surface area (Å²) in [6.07, 6.45) is 3.31. The summed E-state index contributed by atoms with van der Waals surface area (Å²) >= 11 is 0.